The molecule has 0 bridgehead atoms. The first kappa shape index (κ1) is 30.5. The summed E-state index contributed by atoms with van der Waals surface area (Å²) < 4.78 is 0. The van der Waals surface area contributed by atoms with Crippen molar-refractivity contribution in [1.29, 1.82) is 10.5 Å². The molecule has 1 N–H and O–H groups in total. The molecule has 232 valence electrons. The van der Waals surface area contributed by atoms with Crippen LogP contribution in [0.4, 0.5) is 0 Å². The number of nitriles is 2. The second-order valence-electron chi connectivity index (χ2n) is 12.3. The van der Waals surface area contributed by atoms with Gasteiger partial charge in [0.05, 0.1) is 23.5 Å². The topological polar surface area (TPSA) is 110 Å². The Bertz CT molecular complexity index is 2090. The summed E-state index contributed by atoms with van der Waals surface area (Å²) in [6.45, 7) is 4.26. The number of hydrogen-bond donors (Lipinski definition) is 1. The van der Waals surface area contributed by atoms with Crippen LogP contribution in [0.3, 0.4) is 0 Å². The van der Waals surface area contributed by atoms with Gasteiger partial charge in [-0.05, 0) is 59.6 Å². The largest absolute Gasteiger partial charge is 0.344 e. The zero-order valence-electron chi connectivity index (χ0n) is 26.7. The third-order valence-corrected chi connectivity index (χ3v) is 9.31. The predicted molar refractivity (Wildman–Crippen MR) is 189 cm³/mol. The molecule has 3 heterocycles. The SMILES string of the molecule is CC1C=C(C2=NC(c3ccc(-c4ccccn4)cc3)=NC(c3ccc(-c4ccccn4)cc3)N2)C=CC1C1C=C(C#N)C=C(C#N)C1C. The van der Waals surface area contributed by atoms with Crippen LogP contribution in [0.5, 0.6) is 0 Å². The summed E-state index contributed by atoms with van der Waals surface area (Å²) in [5.41, 5.74) is 8.00. The molecule has 0 radical (unpaired) electrons. The van der Waals surface area contributed by atoms with Gasteiger partial charge in [-0.1, -0.05) is 98.8 Å². The first-order valence-electron chi connectivity index (χ1n) is 16.1. The highest BCUT2D eigenvalue weighted by Crippen LogP contribution is 2.40. The highest BCUT2D eigenvalue weighted by atomic mass is 15.2. The van der Waals surface area contributed by atoms with Crippen molar-refractivity contribution in [3.05, 3.63) is 156 Å². The van der Waals surface area contributed by atoms with Crippen LogP contribution in [-0.4, -0.2) is 21.6 Å². The van der Waals surface area contributed by atoms with Gasteiger partial charge in [-0.25, -0.2) is 9.98 Å². The zero-order valence-corrected chi connectivity index (χ0v) is 26.7. The highest BCUT2D eigenvalue weighted by molar-refractivity contribution is 6.14. The molecule has 0 fully saturated rings. The summed E-state index contributed by atoms with van der Waals surface area (Å²) in [6, 6.07) is 32.9. The lowest BCUT2D eigenvalue weighted by molar-refractivity contribution is 0.323. The second kappa shape index (κ2) is 13.3. The molecule has 4 aromatic rings. The maximum absolute atomic E-state index is 9.73. The number of rotatable bonds is 6. The van der Waals surface area contributed by atoms with E-state index in [0.717, 1.165) is 45.1 Å². The summed E-state index contributed by atoms with van der Waals surface area (Å²) in [7, 11) is 0. The van der Waals surface area contributed by atoms with Gasteiger partial charge in [0, 0.05) is 45.8 Å². The minimum atomic E-state index is -0.356. The Hall–Kier alpha value is -6.18. The second-order valence-corrected chi connectivity index (χ2v) is 12.3. The van der Waals surface area contributed by atoms with Crippen molar-refractivity contribution < 1.29 is 0 Å². The van der Waals surface area contributed by atoms with Crippen molar-refractivity contribution >= 4 is 11.7 Å². The van der Waals surface area contributed by atoms with E-state index in [9.17, 15) is 10.5 Å². The molecule has 2 aromatic carbocycles. The van der Waals surface area contributed by atoms with Crippen LogP contribution >= 0.6 is 0 Å². The van der Waals surface area contributed by atoms with Gasteiger partial charge in [0.2, 0.25) is 0 Å². The normalized spacial score (nSPS) is 23.2. The van der Waals surface area contributed by atoms with E-state index in [1.54, 1.807) is 18.5 Å². The van der Waals surface area contributed by atoms with Gasteiger partial charge in [0.15, 0.2) is 5.84 Å². The van der Waals surface area contributed by atoms with Gasteiger partial charge in [-0.2, -0.15) is 10.5 Å². The predicted octanol–water partition coefficient (Wildman–Crippen LogP) is 8.17. The van der Waals surface area contributed by atoms with Crippen LogP contribution in [0.2, 0.25) is 0 Å². The fourth-order valence-electron chi connectivity index (χ4n) is 6.62. The Balaban J connectivity index is 1.21. The molecule has 0 amide bonds. The first-order valence-corrected chi connectivity index (χ1v) is 16.1. The van der Waals surface area contributed by atoms with Crippen LogP contribution < -0.4 is 5.32 Å². The number of amidine groups is 2. The molecule has 5 unspecified atom stereocenters. The molecule has 1 aliphatic heterocycles. The molecule has 2 aromatic heterocycles. The molecule has 0 saturated carbocycles. The summed E-state index contributed by atoms with van der Waals surface area (Å²) in [5, 5.41) is 23.0. The van der Waals surface area contributed by atoms with Crippen molar-refractivity contribution in [2.24, 2.45) is 33.7 Å². The molecule has 5 atom stereocenters. The average molecular weight is 624 g/mol. The molecule has 7 heteroatoms. The van der Waals surface area contributed by atoms with E-state index in [1.165, 1.54) is 0 Å². The van der Waals surface area contributed by atoms with E-state index in [2.05, 4.69) is 95.9 Å². The Morgan fingerprint density at radius 1 is 0.708 bits per heavy atom. The maximum atomic E-state index is 9.73. The number of aromatic nitrogens is 2. The van der Waals surface area contributed by atoms with Gasteiger partial charge in [-0.3, -0.25) is 9.97 Å². The molecule has 3 aliphatic rings. The van der Waals surface area contributed by atoms with Gasteiger partial charge in [0.25, 0.3) is 0 Å². The summed E-state index contributed by atoms with van der Waals surface area (Å²) in [5.74, 6) is 1.74. The smallest absolute Gasteiger partial charge is 0.159 e. The third kappa shape index (κ3) is 6.15. The van der Waals surface area contributed by atoms with Crippen LogP contribution in [0.15, 0.2) is 154 Å². The van der Waals surface area contributed by atoms with Crippen molar-refractivity contribution in [3.63, 3.8) is 0 Å². The minimum absolute atomic E-state index is 0.0236. The van der Waals surface area contributed by atoms with E-state index >= 15 is 0 Å². The maximum Gasteiger partial charge on any atom is 0.159 e. The fourth-order valence-corrected chi connectivity index (χ4v) is 6.62. The van der Waals surface area contributed by atoms with Crippen molar-refractivity contribution in [3.8, 4) is 34.7 Å². The Labute approximate surface area is 280 Å². The number of aliphatic imine (C=N–C) groups is 2. The molecule has 0 spiro atoms. The van der Waals surface area contributed by atoms with Crippen LogP contribution in [0, 0.1) is 46.3 Å². The molecule has 2 aliphatic carbocycles. The Morgan fingerprint density at radius 2 is 1.35 bits per heavy atom. The van der Waals surface area contributed by atoms with Crippen LogP contribution in [0.1, 0.15) is 31.1 Å². The van der Waals surface area contributed by atoms with Crippen molar-refractivity contribution in [1.82, 2.24) is 15.3 Å². The number of hydrogen-bond acceptors (Lipinski definition) is 7. The van der Waals surface area contributed by atoms with E-state index in [4.69, 9.17) is 9.98 Å². The van der Waals surface area contributed by atoms with E-state index < -0.39 is 0 Å². The van der Waals surface area contributed by atoms with Gasteiger partial charge < -0.3 is 5.32 Å². The van der Waals surface area contributed by atoms with Gasteiger partial charge in [-0.15, -0.1) is 0 Å². The van der Waals surface area contributed by atoms with Crippen molar-refractivity contribution in [2.75, 3.05) is 0 Å². The quantitative estimate of drug-likeness (QED) is 0.233. The lowest BCUT2D eigenvalue weighted by atomic mass is 9.69. The molecule has 0 saturated heterocycles. The van der Waals surface area contributed by atoms with E-state index in [1.807, 2.05) is 54.6 Å². The van der Waals surface area contributed by atoms with Crippen molar-refractivity contribution in [2.45, 2.75) is 20.0 Å². The molecular weight excluding hydrogens is 591 g/mol. The average Bonchev–Trinajstić information content (AvgIpc) is 3.15. The minimum Gasteiger partial charge on any atom is -0.344 e. The van der Waals surface area contributed by atoms with E-state index in [0.29, 0.717) is 17.0 Å². The number of pyridine rings is 2. The van der Waals surface area contributed by atoms with Crippen LogP contribution in [-0.2, 0) is 0 Å². The lowest BCUT2D eigenvalue weighted by Crippen LogP contribution is -2.35. The summed E-state index contributed by atoms with van der Waals surface area (Å²) >= 11 is 0. The number of allylic oxidation sites excluding steroid dienone is 6. The number of benzene rings is 2. The zero-order chi connectivity index (χ0) is 33.0. The van der Waals surface area contributed by atoms with Gasteiger partial charge in [0.1, 0.15) is 12.0 Å². The number of nitrogens with one attached hydrogen (secondary N) is 1. The summed E-state index contributed by atoms with van der Waals surface area (Å²) in [6.07, 6.45) is 13.5. The standard InChI is InChI=1S/C41H33N7/c1-26-21-33(17-18-35(26)36-23-28(24-42)22-34(25-43)27(36)2)41-47-39(31-13-9-29(10-14-31)37-7-3-5-19-44-37)46-40(48-41)32-15-11-30(12-16-32)38-8-4-6-20-45-38/h3-23,26-27,35-36,39H,1-2H3,(H,46,47,48). The van der Waals surface area contributed by atoms with E-state index in [-0.39, 0.29) is 29.8 Å². The van der Waals surface area contributed by atoms with Crippen LogP contribution in [0.25, 0.3) is 22.5 Å². The highest BCUT2D eigenvalue weighted by Gasteiger charge is 2.34. The Kier molecular flexibility index (Phi) is 8.43. The fraction of sp³-hybridized carbons (Fsp3) is 0.171. The lowest BCUT2D eigenvalue weighted by Gasteiger charge is -2.35. The molecule has 7 nitrogen and oxygen atoms in total. The monoisotopic (exact) mass is 623 g/mol. The number of nitrogens with zero attached hydrogens (tertiary/aromatic N) is 6. The van der Waals surface area contributed by atoms with Gasteiger partial charge >= 0.3 is 0 Å². The Morgan fingerprint density at radius 3 is 1.94 bits per heavy atom. The first-order chi connectivity index (χ1) is 23.5. The third-order valence-electron chi connectivity index (χ3n) is 9.31. The molecule has 48 heavy (non-hydrogen) atoms. The molecule has 7 rings (SSSR count). The summed E-state index contributed by atoms with van der Waals surface area (Å²) in [4.78, 5) is 19.1. The molecular formula is C41H33N7.